The molecule has 0 saturated heterocycles. The Bertz CT molecular complexity index is 1070. The van der Waals surface area contributed by atoms with Crippen molar-refractivity contribution in [3.05, 3.63) is 81.5 Å². The first-order valence-electron chi connectivity index (χ1n) is 10.0. The largest absolute Gasteiger partial charge is 0.338 e. The summed E-state index contributed by atoms with van der Waals surface area (Å²) in [5.74, 6) is -0.0347. The monoisotopic (exact) mass is 532 g/mol. The second-order valence-corrected chi connectivity index (χ2v) is 9.29. The smallest absolute Gasteiger partial charge is 0.272 e. The van der Waals surface area contributed by atoms with E-state index in [1.807, 2.05) is 42.5 Å². The first kappa shape index (κ1) is 24.2. The van der Waals surface area contributed by atoms with Gasteiger partial charge >= 0.3 is 0 Å². The topological polar surface area (TPSA) is 84.0 Å². The van der Waals surface area contributed by atoms with Crippen LogP contribution in [0.15, 0.2) is 70.4 Å². The summed E-state index contributed by atoms with van der Waals surface area (Å²) in [6.45, 7) is 2.05. The molecule has 0 spiro atoms. The SMILES string of the molecule is CCCSc1ncc(Cl)c(C(=O)N[C@H](Cc2ccccc2)C(=O)Nc2ccc(Br)cc2)n1. The van der Waals surface area contributed by atoms with Crippen molar-refractivity contribution < 1.29 is 9.59 Å². The molecule has 0 unspecified atom stereocenters. The van der Waals surface area contributed by atoms with E-state index in [-0.39, 0.29) is 16.6 Å². The van der Waals surface area contributed by atoms with Crippen molar-refractivity contribution in [2.75, 3.05) is 11.1 Å². The third kappa shape index (κ3) is 7.05. The molecule has 6 nitrogen and oxygen atoms in total. The van der Waals surface area contributed by atoms with Gasteiger partial charge in [0.25, 0.3) is 5.91 Å². The van der Waals surface area contributed by atoms with Crippen LogP contribution in [0.5, 0.6) is 0 Å². The molecule has 2 aromatic carbocycles. The minimum absolute atomic E-state index is 0.0507. The Hall–Kier alpha value is -2.42. The van der Waals surface area contributed by atoms with E-state index in [9.17, 15) is 9.59 Å². The zero-order chi connectivity index (χ0) is 22.9. The van der Waals surface area contributed by atoms with Gasteiger partial charge in [0.15, 0.2) is 10.9 Å². The molecular formula is C23H22BrClN4O2S. The molecule has 0 fully saturated rings. The van der Waals surface area contributed by atoms with Gasteiger partial charge in [-0.1, -0.05) is 76.5 Å². The first-order chi connectivity index (χ1) is 15.5. The highest BCUT2D eigenvalue weighted by atomic mass is 79.9. The summed E-state index contributed by atoms with van der Waals surface area (Å²) in [5, 5.41) is 6.26. The molecule has 32 heavy (non-hydrogen) atoms. The summed E-state index contributed by atoms with van der Waals surface area (Å²) in [6, 6.07) is 15.9. The van der Waals surface area contributed by atoms with Crippen molar-refractivity contribution in [1.82, 2.24) is 15.3 Å². The number of rotatable bonds is 9. The fourth-order valence-electron chi connectivity index (χ4n) is 2.82. The fraction of sp³-hybridized carbons (Fsp3) is 0.217. The number of carbonyl (C=O) groups is 2. The van der Waals surface area contributed by atoms with Crippen molar-refractivity contribution >= 4 is 56.8 Å². The van der Waals surface area contributed by atoms with Gasteiger partial charge in [0.2, 0.25) is 5.91 Å². The Labute approximate surface area is 204 Å². The second-order valence-electron chi connectivity index (χ2n) is 6.91. The molecule has 1 aromatic heterocycles. The molecule has 2 N–H and O–H groups in total. The molecule has 3 aromatic rings. The molecule has 0 radical (unpaired) electrons. The number of hydrogen-bond donors (Lipinski definition) is 2. The number of amides is 2. The summed E-state index contributed by atoms with van der Waals surface area (Å²) in [7, 11) is 0. The molecule has 0 aliphatic heterocycles. The third-order valence-corrected chi connectivity index (χ3v) is 6.26. The lowest BCUT2D eigenvalue weighted by molar-refractivity contribution is -0.118. The minimum Gasteiger partial charge on any atom is -0.338 e. The van der Waals surface area contributed by atoms with Crippen molar-refractivity contribution in [2.45, 2.75) is 31.0 Å². The van der Waals surface area contributed by atoms with E-state index in [0.717, 1.165) is 22.2 Å². The second kappa shape index (κ2) is 12.0. The number of nitrogens with zero attached hydrogens (tertiary/aromatic N) is 2. The molecule has 0 bridgehead atoms. The van der Waals surface area contributed by atoms with Crippen LogP contribution in [0.4, 0.5) is 5.69 Å². The summed E-state index contributed by atoms with van der Waals surface area (Å²) in [5.41, 5.74) is 1.59. The molecule has 0 saturated carbocycles. The molecule has 2 amide bonds. The van der Waals surface area contributed by atoms with E-state index < -0.39 is 11.9 Å². The highest BCUT2D eigenvalue weighted by Gasteiger charge is 2.24. The van der Waals surface area contributed by atoms with Crippen molar-refractivity contribution in [3.8, 4) is 0 Å². The van der Waals surface area contributed by atoms with Gasteiger partial charge < -0.3 is 10.6 Å². The number of nitrogens with one attached hydrogen (secondary N) is 2. The van der Waals surface area contributed by atoms with E-state index >= 15 is 0 Å². The van der Waals surface area contributed by atoms with Crippen LogP contribution in [0.1, 0.15) is 29.4 Å². The molecule has 1 atom stereocenters. The fourth-order valence-corrected chi connectivity index (χ4v) is 3.93. The zero-order valence-electron chi connectivity index (χ0n) is 17.3. The Morgan fingerprint density at radius 3 is 2.53 bits per heavy atom. The quantitative estimate of drug-likeness (QED) is 0.285. The zero-order valence-corrected chi connectivity index (χ0v) is 20.5. The lowest BCUT2D eigenvalue weighted by atomic mass is 10.0. The van der Waals surface area contributed by atoms with Crippen LogP contribution in [0.3, 0.4) is 0 Å². The molecule has 3 rings (SSSR count). The van der Waals surface area contributed by atoms with Crippen LogP contribution in [0.25, 0.3) is 0 Å². The summed E-state index contributed by atoms with van der Waals surface area (Å²) in [4.78, 5) is 34.5. The van der Waals surface area contributed by atoms with Crippen LogP contribution < -0.4 is 10.6 Å². The van der Waals surface area contributed by atoms with Crippen LogP contribution in [0.2, 0.25) is 5.02 Å². The van der Waals surface area contributed by atoms with Crippen molar-refractivity contribution in [2.24, 2.45) is 0 Å². The minimum atomic E-state index is -0.827. The Morgan fingerprint density at radius 2 is 1.84 bits per heavy atom. The van der Waals surface area contributed by atoms with Gasteiger partial charge in [-0.15, -0.1) is 0 Å². The Morgan fingerprint density at radius 1 is 1.12 bits per heavy atom. The van der Waals surface area contributed by atoms with Gasteiger partial charge in [-0.3, -0.25) is 9.59 Å². The molecule has 166 valence electrons. The summed E-state index contributed by atoms with van der Waals surface area (Å²) < 4.78 is 0.903. The van der Waals surface area contributed by atoms with Crippen molar-refractivity contribution in [1.29, 1.82) is 0 Å². The maximum absolute atomic E-state index is 13.1. The number of aromatic nitrogens is 2. The number of anilines is 1. The molecule has 0 aliphatic rings. The predicted molar refractivity (Wildman–Crippen MR) is 132 cm³/mol. The average molecular weight is 534 g/mol. The van der Waals surface area contributed by atoms with Gasteiger partial charge in [0.05, 0.1) is 11.2 Å². The number of carbonyl (C=O) groups excluding carboxylic acids is 2. The Kier molecular flexibility index (Phi) is 9.08. The molecule has 0 aliphatic carbocycles. The normalized spacial score (nSPS) is 11.6. The van der Waals surface area contributed by atoms with Gasteiger partial charge in [-0.05, 0) is 36.2 Å². The van der Waals surface area contributed by atoms with Gasteiger partial charge in [0, 0.05) is 22.3 Å². The highest BCUT2D eigenvalue weighted by Crippen LogP contribution is 2.20. The standard InChI is InChI=1S/C23H22BrClN4O2S/c1-2-12-32-23-26-14-18(25)20(29-23)22(31)28-19(13-15-6-4-3-5-7-15)21(30)27-17-10-8-16(24)9-11-17/h3-11,14,19H,2,12-13H2,1H3,(H,27,30)(H,28,31)/t19-/m1/s1. The molecule has 1 heterocycles. The van der Waals surface area contributed by atoms with E-state index in [4.69, 9.17) is 11.6 Å². The summed E-state index contributed by atoms with van der Waals surface area (Å²) >= 11 is 11.0. The Balaban J connectivity index is 1.80. The number of benzene rings is 2. The number of thioether (sulfide) groups is 1. The highest BCUT2D eigenvalue weighted by molar-refractivity contribution is 9.10. The van der Waals surface area contributed by atoms with Gasteiger partial charge in [-0.25, -0.2) is 9.97 Å². The van der Waals surface area contributed by atoms with Gasteiger partial charge in [-0.2, -0.15) is 0 Å². The number of halogens is 2. The van der Waals surface area contributed by atoms with Gasteiger partial charge in [0.1, 0.15) is 6.04 Å². The van der Waals surface area contributed by atoms with Crippen LogP contribution >= 0.6 is 39.3 Å². The lowest BCUT2D eigenvalue weighted by Gasteiger charge is -2.19. The molecular weight excluding hydrogens is 512 g/mol. The van der Waals surface area contributed by atoms with Crippen LogP contribution in [0, 0.1) is 0 Å². The lowest BCUT2D eigenvalue weighted by Crippen LogP contribution is -2.45. The number of hydrogen-bond acceptors (Lipinski definition) is 5. The average Bonchev–Trinajstić information content (AvgIpc) is 2.80. The van der Waals surface area contributed by atoms with E-state index in [2.05, 4.69) is 43.5 Å². The van der Waals surface area contributed by atoms with Crippen LogP contribution in [-0.2, 0) is 11.2 Å². The first-order valence-corrected chi connectivity index (χ1v) is 12.2. The molecule has 9 heteroatoms. The van der Waals surface area contributed by atoms with Crippen molar-refractivity contribution in [3.63, 3.8) is 0 Å². The predicted octanol–water partition coefficient (Wildman–Crippen LogP) is 5.37. The van der Waals surface area contributed by atoms with Crippen LogP contribution in [-0.4, -0.2) is 33.6 Å². The van der Waals surface area contributed by atoms with E-state index in [0.29, 0.717) is 17.3 Å². The summed E-state index contributed by atoms with van der Waals surface area (Å²) in [6.07, 6.45) is 2.68. The van der Waals surface area contributed by atoms with E-state index in [1.165, 1.54) is 18.0 Å². The van der Waals surface area contributed by atoms with E-state index in [1.54, 1.807) is 12.1 Å². The maximum atomic E-state index is 13.1. The maximum Gasteiger partial charge on any atom is 0.272 e. The third-order valence-electron chi connectivity index (χ3n) is 4.39.